The van der Waals surface area contributed by atoms with Crippen LogP contribution < -0.4 is 20.2 Å². The number of rotatable bonds is 12. The zero-order valence-corrected chi connectivity index (χ0v) is 30.7. The molecule has 4 aromatic carbocycles. The molecule has 7 rings (SSSR count). The van der Waals surface area contributed by atoms with E-state index in [1.807, 2.05) is 95.8 Å². The van der Waals surface area contributed by atoms with Crippen LogP contribution in [0.5, 0.6) is 11.5 Å². The van der Waals surface area contributed by atoms with Crippen molar-refractivity contribution >= 4 is 24.2 Å². The number of methoxy groups -OCH3 is 2. The summed E-state index contributed by atoms with van der Waals surface area (Å²) in [5, 5.41) is 24.5. The summed E-state index contributed by atoms with van der Waals surface area (Å²) in [5.74, 6) is 1.34. The predicted octanol–water partition coefficient (Wildman–Crippen LogP) is 6.20. The third-order valence-corrected chi connectivity index (χ3v) is 15.1. The molecule has 0 saturated heterocycles. The number of aryl methyl sites for hydroxylation is 1. The van der Waals surface area contributed by atoms with E-state index in [0.29, 0.717) is 11.9 Å². The Morgan fingerprint density at radius 1 is 0.980 bits per heavy atom. The molecule has 1 aliphatic rings. The van der Waals surface area contributed by atoms with Crippen LogP contribution in [-0.4, -0.2) is 64.9 Å². The molecule has 51 heavy (non-hydrogen) atoms. The molecule has 11 heteroatoms. The van der Waals surface area contributed by atoms with Crippen LogP contribution in [-0.2, 0) is 11.3 Å². The number of fused-ring (bicyclic) bond motifs is 2. The van der Waals surface area contributed by atoms with E-state index in [4.69, 9.17) is 14.2 Å². The van der Waals surface area contributed by atoms with Crippen molar-refractivity contribution in [2.24, 2.45) is 5.92 Å². The SMILES string of the molecule is COc1ccc([Si](C)(C)C(CCn2cc(C(CO)c3ccccc3)nn2)[C@@H]2Oc3ccc(-n4[nH]c5ccccc5c4=O)cc3[C@H](OC)[C@H]2C)cc1. The summed E-state index contributed by atoms with van der Waals surface area (Å²) in [6, 6.07) is 31.8. The maximum atomic E-state index is 13.3. The largest absolute Gasteiger partial charge is 0.497 e. The van der Waals surface area contributed by atoms with Crippen molar-refractivity contribution in [2.75, 3.05) is 20.8 Å². The van der Waals surface area contributed by atoms with E-state index in [1.54, 1.807) is 18.9 Å². The number of benzene rings is 4. The van der Waals surface area contributed by atoms with Gasteiger partial charge in [-0.1, -0.05) is 85.0 Å². The number of aliphatic hydroxyl groups excluding tert-OH is 1. The minimum absolute atomic E-state index is 0.00429. The van der Waals surface area contributed by atoms with Gasteiger partial charge in [0.25, 0.3) is 5.56 Å². The van der Waals surface area contributed by atoms with Gasteiger partial charge in [-0.2, -0.15) is 0 Å². The number of hydrogen-bond acceptors (Lipinski definition) is 7. The van der Waals surface area contributed by atoms with Gasteiger partial charge in [0.2, 0.25) is 0 Å². The lowest BCUT2D eigenvalue weighted by Gasteiger charge is -2.46. The van der Waals surface area contributed by atoms with Crippen molar-refractivity contribution in [3.05, 3.63) is 130 Å². The Morgan fingerprint density at radius 3 is 2.43 bits per heavy atom. The van der Waals surface area contributed by atoms with Crippen molar-refractivity contribution in [1.82, 2.24) is 24.8 Å². The van der Waals surface area contributed by atoms with Crippen LogP contribution in [0.25, 0.3) is 16.6 Å². The summed E-state index contributed by atoms with van der Waals surface area (Å²) in [4.78, 5) is 13.3. The zero-order chi connectivity index (χ0) is 35.7. The molecule has 0 radical (unpaired) electrons. The zero-order valence-electron chi connectivity index (χ0n) is 29.7. The predicted molar refractivity (Wildman–Crippen MR) is 201 cm³/mol. The molecule has 0 bridgehead atoms. The van der Waals surface area contributed by atoms with Gasteiger partial charge in [0.05, 0.1) is 56.1 Å². The fourth-order valence-electron chi connectivity index (χ4n) is 7.82. The second-order valence-corrected chi connectivity index (χ2v) is 18.8. The Morgan fingerprint density at radius 2 is 1.73 bits per heavy atom. The molecule has 2 aromatic heterocycles. The number of aromatic amines is 1. The van der Waals surface area contributed by atoms with Crippen molar-refractivity contribution in [2.45, 2.75) is 56.7 Å². The normalized spacial score (nSPS) is 18.6. The first-order valence-electron chi connectivity index (χ1n) is 17.5. The van der Waals surface area contributed by atoms with Gasteiger partial charge >= 0.3 is 0 Å². The highest BCUT2D eigenvalue weighted by atomic mass is 28.3. The van der Waals surface area contributed by atoms with Crippen molar-refractivity contribution in [3.8, 4) is 17.2 Å². The van der Waals surface area contributed by atoms with Gasteiger partial charge in [-0.3, -0.25) is 14.6 Å². The van der Waals surface area contributed by atoms with E-state index < -0.39 is 8.07 Å². The Hall–Kier alpha value is -4.97. The average Bonchev–Trinajstić information content (AvgIpc) is 3.76. The number of hydrogen-bond donors (Lipinski definition) is 2. The molecule has 3 heterocycles. The van der Waals surface area contributed by atoms with Crippen LogP contribution in [0, 0.1) is 5.92 Å². The second-order valence-electron chi connectivity index (χ2n) is 14.0. The highest BCUT2D eigenvalue weighted by Crippen LogP contribution is 2.47. The molecule has 0 aliphatic carbocycles. The third kappa shape index (κ3) is 6.53. The molecular weight excluding hydrogens is 659 g/mol. The van der Waals surface area contributed by atoms with E-state index in [1.165, 1.54) is 5.19 Å². The first-order chi connectivity index (χ1) is 24.7. The number of aliphatic hydroxyl groups is 1. The Labute approximate surface area is 298 Å². The minimum atomic E-state index is -2.24. The summed E-state index contributed by atoms with van der Waals surface area (Å²) in [6.07, 6.45) is 2.34. The lowest BCUT2D eigenvalue weighted by molar-refractivity contribution is -0.0234. The molecule has 5 atom stereocenters. The van der Waals surface area contributed by atoms with Crippen molar-refractivity contribution in [3.63, 3.8) is 0 Å². The van der Waals surface area contributed by atoms with E-state index in [9.17, 15) is 9.90 Å². The summed E-state index contributed by atoms with van der Waals surface area (Å²) >= 11 is 0. The molecule has 6 aromatic rings. The fraction of sp³-hybridized carbons (Fsp3) is 0.325. The van der Waals surface area contributed by atoms with E-state index in [-0.39, 0.29) is 41.8 Å². The van der Waals surface area contributed by atoms with Crippen LogP contribution in [0.2, 0.25) is 18.6 Å². The lowest BCUT2D eigenvalue weighted by Crippen LogP contribution is -2.54. The van der Waals surface area contributed by atoms with Crippen molar-refractivity contribution < 1.29 is 19.3 Å². The monoisotopic (exact) mass is 703 g/mol. The maximum Gasteiger partial charge on any atom is 0.279 e. The second kappa shape index (κ2) is 14.3. The van der Waals surface area contributed by atoms with Gasteiger partial charge in [-0.05, 0) is 60.0 Å². The molecule has 0 saturated carbocycles. The van der Waals surface area contributed by atoms with E-state index in [2.05, 4.69) is 47.6 Å². The lowest BCUT2D eigenvalue weighted by atomic mass is 9.86. The van der Waals surface area contributed by atoms with Crippen LogP contribution in [0.15, 0.2) is 108 Å². The van der Waals surface area contributed by atoms with E-state index in [0.717, 1.165) is 45.9 Å². The Kier molecular flexibility index (Phi) is 9.69. The van der Waals surface area contributed by atoms with E-state index >= 15 is 0 Å². The van der Waals surface area contributed by atoms with Crippen LogP contribution in [0.1, 0.15) is 42.2 Å². The smallest absolute Gasteiger partial charge is 0.279 e. The third-order valence-electron chi connectivity index (χ3n) is 10.8. The van der Waals surface area contributed by atoms with Crippen LogP contribution >= 0.6 is 0 Å². The minimum Gasteiger partial charge on any atom is -0.497 e. The first-order valence-corrected chi connectivity index (χ1v) is 20.5. The fourth-order valence-corrected chi connectivity index (χ4v) is 11.3. The van der Waals surface area contributed by atoms with Gasteiger partial charge in [0.15, 0.2) is 0 Å². The summed E-state index contributed by atoms with van der Waals surface area (Å²) in [6.45, 7) is 7.60. The number of H-pyrrole nitrogens is 1. The molecule has 264 valence electrons. The van der Waals surface area contributed by atoms with Gasteiger partial charge in [-0.15, -0.1) is 5.10 Å². The average molecular weight is 704 g/mol. The van der Waals surface area contributed by atoms with Crippen molar-refractivity contribution in [1.29, 1.82) is 0 Å². The molecule has 2 unspecified atom stereocenters. The Balaban J connectivity index is 1.22. The van der Waals surface area contributed by atoms with Crippen LogP contribution in [0.3, 0.4) is 0 Å². The number of aromatic nitrogens is 5. The molecule has 1 aliphatic heterocycles. The first kappa shape index (κ1) is 34.5. The Bertz CT molecular complexity index is 2160. The molecule has 0 fully saturated rings. The van der Waals surface area contributed by atoms with Crippen LogP contribution in [0.4, 0.5) is 0 Å². The number of nitrogens with one attached hydrogen (secondary N) is 1. The number of nitrogens with zero attached hydrogens (tertiary/aromatic N) is 4. The molecule has 0 spiro atoms. The topological polar surface area (TPSA) is 116 Å². The summed E-state index contributed by atoms with van der Waals surface area (Å²) in [7, 11) is 1.19. The highest BCUT2D eigenvalue weighted by Gasteiger charge is 2.47. The van der Waals surface area contributed by atoms with Gasteiger partial charge < -0.3 is 19.3 Å². The van der Waals surface area contributed by atoms with Gasteiger partial charge in [0.1, 0.15) is 17.6 Å². The highest BCUT2D eigenvalue weighted by molar-refractivity contribution is 6.91. The molecular formula is C40H45N5O5Si. The molecule has 10 nitrogen and oxygen atoms in total. The van der Waals surface area contributed by atoms with Gasteiger partial charge in [0, 0.05) is 31.3 Å². The molecule has 0 amide bonds. The molecule has 2 N–H and O–H groups in total. The summed E-state index contributed by atoms with van der Waals surface area (Å²) < 4.78 is 22.3. The quantitative estimate of drug-likeness (QED) is 0.146. The maximum absolute atomic E-state index is 13.3. The number of ether oxygens (including phenoxy) is 3. The van der Waals surface area contributed by atoms with Gasteiger partial charge in [-0.25, -0.2) is 4.68 Å². The summed E-state index contributed by atoms with van der Waals surface area (Å²) in [5.41, 5.74) is 4.24. The number of para-hydroxylation sites is 1. The standard InChI is InChI=1S/C40H45N5O5Si/c1-26-38(49-3)32-23-28(45-40(47)31-13-9-10-14-34(31)42-45)15-20-36(32)50-39(26)37(51(4,5)30-18-16-29(48-2)17-19-30)21-22-44-24-35(41-43-44)33(25-46)27-11-7-6-8-12-27/h6-20,23-24,26,33,37-39,42,46H,21-22,25H2,1-5H3/t26-,33?,37?,38-,39-/m1/s1.